The Labute approximate surface area is 166 Å². The van der Waals surface area contributed by atoms with E-state index in [0.717, 1.165) is 0 Å². The van der Waals surface area contributed by atoms with Gasteiger partial charge in [0.05, 0.1) is 12.6 Å². The van der Waals surface area contributed by atoms with Gasteiger partial charge in [-0.05, 0) is 12.8 Å². The van der Waals surface area contributed by atoms with Gasteiger partial charge in [0.25, 0.3) is 0 Å². The second kappa shape index (κ2) is 13.6. The number of aliphatic carboxylic acids is 1. The molecule has 13 nitrogen and oxygen atoms in total. The van der Waals surface area contributed by atoms with Crippen molar-refractivity contribution in [1.29, 1.82) is 0 Å². The highest BCUT2D eigenvalue weighted by atomic mass is 32.1. The van der Waals surface area contributed by atoms with Crippen LogP contribution in [-0.4, -0.2) is 83.4 Å². The summed E-state index contributed by atoms with van der Waals surface area (Å²) >= 11 is 3.92. The Morgan fingerprint density at radius 3 is 2.14 bits per heavy atom. The van der Waals surface area contributed by atoms with Crippen molar-refractivity contribution in [2.45, 2.75) is 31.0 Å². The molecule has 0 rings (SSSR count). The summed E-state index contributed by atoms with van der Waals surface area (Å²) in [5, 5.41) is 24.5. The lowest BCUT2D eigenvalue weighted by molar-refractivity contribution is -0.138. The molecule has 0 fully saturated rings. The minimum atomic E-state index is -1.36. The van der Waals surface area contributed by atoms with Crippen LogP contribution in [0.2, 0.25) is 0 Å². The molecule has 11 N–H and O–H groups in total. The number of rotatable bonds is 13. The number of nitrogens with zero attached hydrogens (tertiary/aromatic N) is 1. The van der Waals surface area contributed by atoms with Crippen LogP contribution in [0.5, 0.6) is 0 Å². The first-order valence-corrected chi connectivity index (χ1v) is 8.88. The van der Waals surface area contributed by atoms with Crippen molar-refractivity contribution < 1.29 is 29.4 Å². The molecule has 160 valence electrons. The molecule has 0 saturated heterocycles. The molecule has 0 heterocycles. The van der Waals surface area contributed by atoms with E-state index in [1.807, 2.05) is 0 Å². The summed E-state index contributed by atoms with van der Waals surface area (Å²) in [4.78, 5) is 50.2. The minimum Gasteiger partial charge on any atom is -0.480 e. The summed E-state index contributed by atoms with van der Waals surface area (Å²) in [7, 11) is 0. The highest BCUT2D eigenvalue weighted by Crippen LogP contribution is 1.98. The number of aliphatic hydroxyl groups is 1. The van der Waals surface area contributed by atoms with Crippen LogP contribution < -0.4 is 33.2 Å². The van der Waals surface area contributed by atoms with Gasteiger partial charge >= 0.3 is 5.97 Å². The zero-order valence-electron chi connectivity index (χ0n) is 15.1. The number of hydrogen-bond donors (Lipinski definition) is 9. The SMILES string of the molecule is NC(N)=NCCCC(N)C(=O)NC(CO)C(=O)NC(CS)C(=O)NCC(=O)O. The first kappa shape index (κ1) is 25.4. The molecule has 28 heavy (non-hydrogen) atoms. The summed E-state index contributed by atoms with van der Waals surface area (Å²) in [6.45, 7) is -1.09. The fourth-order valence-electron chi connectivity index (χ4n) is 1.88. The van der Waals surface area contributed by atoms with Gasteiger partial charge in [0.15, 0.2) is 5.96 Å². The number of carboxylic acids is 1. The maximum atomic E-state index is 12.2. The molecule has 0 aromatic carbocycles. The van der Waals surface area contributed by atoms with Gasteiger partial charge in [0.2, 0.25) is 17.7 Å². The van der Waals surface area contributed by atoms with Crippen LogP contribution in [0.4, 0.5) is 0 Å². The van der Waals surface area contributed by atoms with E-state index in [9.17, 15) is 24.3 Å². The highest BCUT2D eigenvalue weighted by Gasteiger charge is 2.27. The molecule has 0 aromatic heterocycles. The van der Waals surface area contributed by atoms with Gasteiger partial charge in [-0.3, -0.25) is 24.2 Å². The Kier molecular flexibility index (Phi) is 12.3. The first-order valence-electron chi connectivity index (χ1n) is 8.25. The number of aliphatic hydroxyl groups excluding tert-OH is 1. The van der Waals surface area contributed by atoms with E-state index in [4.69, 9.17) is 22.3 Å². The van der Waals surface area contributed by atoms with E-state index in [0.29, 0.717) is 6.42 Å². The molecule has 3 unspecified atom stereocenters. The Morgan fingerprint density at radius 1 is 1.04 bits per heavy atom. The summed E-state index contributed by atoms with van der Waals surface area (Å²) in [6.07, 6.45) is 0.660. The van der Waals surface area contributed by atoms with Crippen LogP contribution in [0.25, 0.3) is 0 Å². The first-order chi connectivity index (χ1) is 13.1. The Balaban J connectivity index is 4.63. The van der Waals surface area contributed by atoms with E-state index in [-0.39, 0.29) is 24.7 Å². The molecule has 0 saturated carbocycles. The third-order valence-corrected chi connectivity index (χ3v) is 3.71. The lowest BCUT2D eigenvalue weighted by atomic mass is 10.1. The fourth-order valence-corrected chi connectivity index (χ4v) is 2.13. The topological polar surface area (TPSA) is 235 Å². The number of carbonyl (C=O) groups is 4. The van der Waals surface area contributed by atoms with Crippen molar-refractivity contribution in [2.24, 2.45) is 22.2 Å². The zero-order valence-corrected chi connectivity index (χ0v) is 16.0. The number of thiol groups is 1. The van der Waals surface area contributed by atoms with E-state index in [1.54, 1.807) is 0 Å². The molecule has 0 aromatic rings. The molecule has 14 heteroatoms. The monoisotopic (exact) mass is 421 g/mol. The average Bonchev–Trinajstić information content (AvgIpc) is 2.64. The molecule has 0 aliphatic heterocycles. The number of guanidine groups is 1. The number of carbonyl (C=O) groups excluding carboxylic acids is 3. The Morgan fingerprint density at radius 2 is 1.64 bits per heavy atom. The van der Waals surface area contributed by atoms with Gasteiger partial charge < -0.3 is 43.4 Å². The Hall–Kier alpha value is -2.58. The largest absolute Gasteiger partial charge is 0.480 e. The number of nitrogens with one attached hydrogen (secondary N) is 3. The van der Waals surface area contributed by atoms with Crippen molar-refractivity contribution in [2.75, 3.05) is 25.4 Å². The van der Waals surface area contributed by atoms with Crippen LogP contribution >= 0.6 is 12.6 Å². The van der Waals surface area contributed by atoms with Crippen LogP contribution in [0, 0.1) is 0 Å². The van der Waals surface area contributed by atoms with Crippen molar-refractivity contribution in [1.82, 2.24) is 16.0 Å². The van der Waals surface area contributed by atoms with Gasteiger partial charge in [0, 0.05) is 12.3 Å². The van der Waals surface area contributed by atoms with E-state index < -0.39 is 55.0 Å². The van der Waals surface area contributed by atoms with Gasteiger partial charge in [-0.25, -0.2) is 0 Å². The standard InChI is InChI=1S/C14H27N7O6S/c15-7(2-1-3-18-14(16)17)11(25)20-8(5-22)13(27)21-9(6-28)12(26)19-4-10(23)24/h7-9,22,28H,1-6,15H2,(H,19,26)(H,20,25)(H,21,27)(H,23,24)(H4,16,17,18). The van der Waals surface area contributed by atoms with Gasteiger partial charge in [-0.1, -0.05) is 0 Å². The van der Waals surface area contributed by atoms with Crippen molar-refractivity contribution in [3.8, 4) is 0 Å². The van der Waals surface area contributed by atoms with E-state index >= 15 is 0 Å². The quantitative estimate of drug-likeness (QED) is 0.0601. The lowest BCUT2D eigenvalue weighted by Crippen LogP contribution is -2.57. The van der Waals surface area contributed by atoms with Crippen LogP contribution in [0.1, 0.15) is 12.8 Å². The number of aliphatic imine (C=N–C) groups is 1. The second-order valence-corrected chi connectivity index (χ2v) is 6.02. The molecule has 0 aliphatic carbocycles. The maximum absolute atomic E-state index is 12.2. The van der Waals surface area contributed by atoms with Crippen LogP contribution in [0.3, 0.4) is 0 Å². The maximum Gasteiger partial charge on any atom is 0.322 e. The summed E-state index contributed by atoms with van der Waals surface area (Å²) in [5.74, 6) is -3.78. The van der Waals surface area contributed by atoms with E-state index in [1.165, 1.54) is 0 Å². The molecule has 0 bridgehead atoms. The molecule has 0 radical (unpaired) electrons. The van der Waals surface area contributed by atoms with Crippen LogP contribution in [-0.2, 0) is 19.2 Å². The predicted molar refractivity (Wildman–Crippen MR) is 103 cm³/mol. The molecule has 3 atom stereocenters. The number of amides is 3. The smallest absolute Gasteiger partial charge is 0.322 e. The molecule has 3 amide bonds. The van der Waals surface area contributed by atoms with Crippen molar-refractivity contribution in [3.05, 3.63) is 0 Å². The fraction of sp³-hybridized carbons (Fsp3) is 0.643. The van der Waals surface area contributed by atoms with Gasteiger partial charge in [0.1, 0.15) is 18.6 Å². The Bertz CT molecular complexity index is 585. The zero-order chi connectivity index (χ0) is 21.7. The van der Waals surface area contributed by atoms with Gasteiger partial charge in [-0.15, -0.1) is 0 Å². The molecular weight excluding hydrogens is 394 g/mol. The van der Waals surface area contributed by atoms with Crippen molar-refractivity contribution >= 4 is 42.3 Å². The second-order valence-electron chi connectivity index (χ2n) is 5.65. The highest BCUT2D eigenvalue weighted by molar-refractivity contribution is 7.80. The summed E-state index contributed by atoms with van der Waals surface area (Å²) in [6, 6.07) is -3.48. The average molecular weight is 421 g/mol. The van der Waals surface area contributed by atoms with Crippen LogP contribution in [0.15, 0.2) is 4.99 Å². The number of carboxylic acid groups (broad SMARTS) is 1. The lowest BCUT2D eigenvalue weighted by Gasteiger charge is -2.22. The summed E-state index contributed by atoms with van der Waals surface area (Å²) < 4.78 is 0. The normalized spacial score (nSPS) is 13.5. The summed E-state index contributed by atoms with van der Waals surface area (Å²) in [5.41, 5.74) is 16.1. The predicted octanol–water partition coefficient (Wildman–Crippen LogP) is -4.54. The van der Waals surface area contributed by atoms with Crippen molar-refractivity contribution in [3.63, 3.8) is 0 Å². The molecule has 0 aliphatic rings. The third-order valence-electron chi connectivity index (χ3n) is 3.35. The molecule has 0 spiro atoms. The van der Waals surface area contributed by atoms with Gasteiger partial charge in [-0.2, -0.15) is 12.6 Å². The van der Waals surface area contributed by atoms with E-state index in [2.05, 4.69) is 33.6 Å². The number of nitrogens with two attached hydrogens (primary N) is 3. The minimum absolute atomic E-state index is 0.0822. The third kappa shape index (κ3) is 10.5. The number of hydrogen-bond acceptors (Lipinski definition) is 8. The molecular formula is C14H27N7O6S.